The van der Waals surface area contributed by atoms with Crippen LogP contribution in [0.2, 0.25) is 0 Å². The molecule has 0 N–H and O–H groups in total. The van der Waals surface area contributed by atoms with Gasteiger partial charge in [-0.2, -0.15) is 4.31 Å². The molecule has 2 aliphatic rings. The van der Waals surface area contributed by atoms with Crippen molar-refractivity contribution in [3.8, 4) is 5.75 Å². The van der Waals surface area contributed by atoms with Crippen LogP contribution in [0.1, 0.15) is 50.7 Å². The highest BCUT2D eigenvalue weighted by Crippen LogP contribution is 2.29. The second-order valence-corrected chi connectivity index (χ2v) is 12.5. The summed E-state index contributed by atoms with van der Waals surface area (Å²) in [7, 11) is -0.251. The largest absolute Gasteiger partial charge is 0.497 e. The number of hydrogen-bond acceptors (Lipinski definition) is 7. The number of benzene rings is 1. The Hall–Kier alpha value is -1.72. The number of hydrogen-bond donors (Lipinski definition) is 0. The summed E-state index contributed by atoms with van der Waals surface area (Å²) < 4.78 is 39.2. The van der Waals surface area contributed by atoms with Crippen LogP contribution in [0.3, 0.4) is 0 Å². The van der Waals surface area contributed by atoms with Crippen LogP contribution in [-0.2, 0) is 19.6 Å². The Morgan fingerprint density at radius 1 is 1.08 bits per heavy atom. The highest BCUT2D eigenvalue weighted by Gasteiger charge is 2.32. The summed E-state index contributed by atoms with van der Waals surface area (Å²) in [5, 5.41) is 0. The number of nitrogens with zero attached hydrogens (tertiary/aromatic N) is 4. The lowest BCUT2D eigenvalue weighted by molar-refractivity contribution is -0.138. The second-order valence-electron chi connectivity index (χ2n) is 10.6. The van der Waals surface area contributed by atoms with Crippen LogP contribution < -0.4 is 4.74 Å². The molecule has 0 bridgehead atoms. The summed E-state index contributed by atoms with van der Waals surface area (Å²) >= 11 is 0. The molecular weight excluding hydrogens is 504 g/mol. The summed E-state index contributed by atoms with van der Waals surface area (Å²) in [4.78, 5) is 20.2. The molecule has 1 saturated heterocycles. The Balaban J connectivity index is 1.49. The first-order chi connectivity index (χ1) is 18.1. The molecule has 2 atom stereocenters. The maximum absolute atomic E-state index is 13.4. The summed E-state index contributed by atoms with van der Waals surface area (Å²) in [6, 6.07) is 4.24. The summed E-state index contributed by atoms with van der Waals surface area (Å²) in [6.45, 7) is 13.8. The van der Waals surface area contributed by atoms with Crippen molar-refractivity contribution in [1.29, 1.82) is 0 Å². The average Bonchev–Trinajstić information content (AvgIpc) is 2.91. The Morgan fingerprint density at radius 2 is 1.74 bits per heavy atom. The maximum atomic E-state index is 13.4. The fraction of sp³-hybridized carbons (Fsp3) is 0.750. The molecule has 1 aliphatic heterocycles. The van der Waals surface area contributed by atoms with E-state index in [1.165, 1.54) is 10.7 Å². The van der Waals surface area contributed by atoms with Gasteiger partial charge in [0, 0.05) is 58.4 Å². The fourth-order valence-electron chi connectivity index (χ4n) is 5.91. The molecule has 216 valence electrons. The zero-order chi connectivity index (χ0) is 27.9. The van der Waals surface area contributed by atoms with Crippen molar-refractivity contribution in [3.63, 3.8) is 0 Å². The van der Waals surface area contributed by atoms with Crippen molar-refractivity contribution in [2.45, 2.75) is 70.4 Å². The standard InChI is InChI=1S/C28H48N4O5S/c1-7-30-12-14-31(15-13-30)25-11-9-10-24(20-25)29(5)27(33)21-37-17-16-32(8-2)38(34,35)28-22(3)18-26(36-6)19-23(28)4/h18-19,24-25H,7-17,20-21H2,1-6H3/t24-,25-/m0/s1. The van der Waals surface area contributed by atoms with Gasteiger partial charge in [0.2, 0.25) is 15.9 Å². The van der Waals surface area contributed by atoms with Gasteiger partial charge in [-0.1, -0.05) is 13.8 Å². The molecule has 9 nitrogen and oxygen atoms in total. The average molecular weight is 553 g/mol. The number of methoxy groups -OCH3 is 1. The van der Waals surface area contributed by atoms with E-state index in [1.807, 2.05) is 18.9 Å². The number of rotatable bonds is 12. The molecule has 0 aromatic heterocycles. The molecule has 3 rings (SSSR count). The van der Waals surface area contributed by atoms with Gasteiger partial charge in [-0.25, -0.2) is 8.42 Å². The van der Waals surface area contributed by atoms with Crippen molar-refractivity contribution in [3.05, 3.63) is 23.3 Å². The third kappa shape index (κ3) is 7.47. The van der Waals surface area contributed by atoms with E-state index < -0.39 is 10.0 Å². The van der Waals surface area contributed by atoms with Crippen molar-refractivity contribution < 1.29 is 22.7 Å². The van der Waals surface area contributed by atoms with Gasteiger partial charge in [0.25, 0.3) is 0 Å². The van der Waals surface area contributed by atoms with Crippen LogP contribution in [0.4, 0.5) is 0 Å². The van der Waals surface area contributed by atoms with Crippen LogP contribution in [0.5, 0.6) is 5.75 Å². The molecule has 10 heteroatoms. The third-order valence-electron chi connectivity index (χ3n) is 8.26. The van der Waals surface area contributed by atoms with Gasteiger partial charge in [-0.3, -0.25) is 9.69 Å². The first-order valence-corrected chi connectivity index (χ1v) is 15.5. The lowest BCUT2D eigenvalue weighted by Crippen LogP contribution is -2.53. The normalized spacial score (nSPS) is 21.6. The first kappa shape index (κ1) is 30.8. The van der Waals surface area contributed by atoms with Crippen molar-refractivity contribution in [2.24, 2.45) is 0 Å². The molecule has 1 saturated carbocycles. The molecule has 1 aliphatic carbocycles. The smallest absolute Gasteiger partial charge is 0.248 e. The van der Waals surface area contributed by atoms with E-state index in [2.05, 4.69) is 16.7 Å². The summed E-state index contributed by atoms with van der Waals surface area (Å²) in [5.41, 5.74) is 1.30. The van der Waals surface area contributed by atoms with Gasteiger partial charge in [0.15, 0.2) is 0 Å². The van der Waals surface area contributed by atoms with Crippen LogP contribution in [0, 0.1) is 13.8 Å². The second kappa shape index (κ2) is 14.1. The Kier molecular flexibility index (Phi) is 11.4. The quantitative estimate of drug-likeness (QED) is 0.369. The molecule has 1 aromatic carbocycles. The van der Waals surface area contributed by atoms with E-state index in [9.17, 15) is 13.2 Å². The van der Waals surface area contributed by atoms with Gasteiger partial charge in [0.1, 0.15) is 12.4 Å². The monoisotopic (exact) mass is 552 g/mol. The van der Waals surface area contributed by atoms with Gasteiger partial charge in [-0.15, -0.1) is 0 Å². The van der Waals surface area contributed by atoms with Crippen LogP contribution in [0.15, 0.2) is 17.0 Å². The van der Waals surface area contributed by atoms with E-state index in [-0.39, 0.29) is 31.7 Å². The highest BCUT2D eigenvalue weighted by atomic mass is 32.2. The van der Waals surface area contributed by atoms with Crippen LogP contribution in [-0.4, -0.2) is 119 Å². The number of ether oxygens (including phenoxy) is 2. The van der Waals surface area contributed by atoms with E-state index in [4.69, 9.17) is 9.47 Å². The number of aryl methyl sites for hydroxylation is 2. The van der Waals surface area contributed by atoms with E-state index in [0.717, 1.165) is 52.0 Å². The van der Waals surface area contributed by atoms with Gasteiger partial charge < -0.3 is 19.3 Å². The zero-order valence-electron chi connectivity index (χ0n) is 24.2. The molecule has 38 heavy (non-hydrogen) atoms. The van der Waals surface area contributed by atoms with Gasteiger partial charge >= 0.3 is 0 Å². The molecule has 0 spiro atoms. The molecule has 1 amide bonds. The molecular formula is C28H48N4O5S. The third-order valence-corrected chi connectivity index (χ3v) is 10.5. The first-order valence-electron chi connectivity index (χ1n) is 14.1. The topological polar surface area (TPSA) is 82.6 Å². The van der Waals surface area contributed by atoms with E-state index in [1.54, 1.807) is 33.1 Å². The molecule has 1 heterocycles. The number of likely N-dealkylation sites (N-methyl/N-ethyl adjacent to an activating group) is 3. The molecule has 0 unspecified atom stereocenters. The molecule has 1 aromatic rings. The minimum absolute atomic E-state index is 0.0367. The SMILES string of the molecule is CCN1CCN([C@H]2CCC[C@H](N(C)C(=O)COCCN(CC)S(=O)(=O)c3c(C)cc(OC)cc3C)C2)CC1. The lowest BCUT2D eigenvalue weighted by atomic mass is 9.88. The summed E-state index contributed by atoms with van der Waals surface area (Å²) in [5.74, 6) is 0.593. The number of carbonyl (C=O) groups is 1. The Morgan fingerprint density at radius 3 is 2.32 bits per heavy atom. The maximum Gasteiger partial charge on any atom is 0.248 e. The molecule has 0 radical (unpaired) electrons. The van der Waals surface area contributed by atoms with Crippen molar-refractivity contribution in [2.75, 3.05) is 73.2 Å². The minimum Gasteiger partial charge on any atom is -0.497 e. The highest BCUT2D eigenvalue weighted by molar-refractivity contribution is 7.89. The predicted octanol–water partition coefficient (Wildman–Crippen LogP) is 2.75. The number of piperazine rings is 1. The number of sulfonamides is 1. The van der Waals surface area contributed by atoms with Crippen molar-refractivity contribution in [1.82, 2.24) is 19.0 Å². The van der Waals surface area contributed by atoms with E-state index in [0.29, 0.717) is 34.4 Å². The van der Waals surface area contributed by atoms with Crippen LogP contribution >= 0.6 is 0 Å². The van der Waals surface area contributed by atoms with Crippen molar-refractivity contribution >= 4 is 15.9 Å². The zero-order valence-corrected chi connectivity index (χ0v) is 25.1. The Labute approximate surface area is 230 Å². The minimum atomic E-state index is -3.70. The number of amides is 1. The van der Waals surface area contributed by atoms with Crippen LogP contribution in [0.25, 0.3) is 0 Å². The molecule has 2 fully saturated rings. The predicted molar refractivity (Wildman–Crippen MR) is 150 cm³/mol. The lowest BCUT2D eigenvalue weighted by Gasteiger charge is -2.43. The summed E-state index contributed by atoms with van der Waals surface area (Å²) in [6.07, 6.45) is 4.37. The van der Waals surface area contributed by atoms with Gasteiger partial charge in [0.05, 0.1) is 18.6 Å². The van der Waals surface area contributed by atoms with E-state index >= 15 is 0 Å². The van der Waals surface area contributed by atoms with Gasteiger partial charge in [-0.05, 0) is 69.3 Å². The number of carbonyl (C=O) groups excluding carboxylic acids is 1. The Bertz CT molecular complexity index is 1000. The fourth-order valence-corrected chi connectivity index (χ4v) is 7.76.